The summed E-state index contributed by atoms with van der Waals surface area (Å²) < 4.78 is 2.40. The first-order chi connectivity index (χ1) is 25.8. The highest BCUT2D eigenvalue weighted by molar-refractivity contribution is 6.09. The number of para-hydroxylation sites is 3. The molecule has 0 bridgehead atoms. The van der Waals surface area contributed by atoms with Crippen molar-refractivity contribution in [2.45, 2.75) is 0 Å². The first kappa shape index (κ1) is 30.0. The summed E-state index contributed by atoms with van der Waals surface area (Å²) in [5.74, 6) is 0. The van der Waals surface area contributed by atoms with Gasteiger partial charge in [-0.05, 0) is 98.9 Å². The average molecular weight is 663 g/mol. The molecule has 10 rings (SSSR count). The van der Waals surface area contributed by atoms with Crippen LogP contribution in [0.2, 0.25) is 0 Å². The Bertz CT molecular complexity index is 2860. The van der Waals surface area contributed by atoms with E-state index in [4.69, 9.17) is 0 Å². The van der Waals surface area contributed by atoms with E-state index >= 15 is 0 Å². The molecule has 0 N–H and O–H groups in total. The van der Waals surface area contributed by atoms with Gasteiger partial charge in [0.15, 0.2) is 0 Å². The van der Waals surface area contributed by atoms with Gasteiger partial charge in [0.05, 0.1) is 16.7 Å². The molecule has 0 amide bonds. The van der Waals surface area contributed by atoms with Crippen molar-refractivity contribution in [3.05, 3.63) is 206 Å². The van der Waals surface area contributed by atoms with Crippen molar-refractivity contribution in [3.8, 4) is 27.9 Å². The quantitative estimate of drug-likeness (QED) is 0.172. The van der Waals surface area contributed by atoms with Crippen LogP contribution >= 0.6 is 0 Å². The number of nitrogens with zero attached hydrogens (tertiary/aromatic N) is 2. The van der Waals surface area contributed by atoms with Gasteiger partial charge in [-0.2, -0.15) is 0 Å². The minimum Gasteiger partial charge on any atom is -0.310 e. The van der Waals surface area contributed by atoms with Crippen LogP contribution in [0.1, 0.15) is 0 Å². The fourth-order valence-electron chi connectivity index (χ4n) is 7.84. The lowest BCUT2D eigenvalue weighted by Gasteiger charge is -2.29. The van der Waals surface area contributed by atoms with Crippen LogP contribution in [-0.2, 0) is 0 Å². The van der Waals surface area contributed by atoms with Gasteiger partial charge in [0.1, 0.15) is 0 Å². The monoisotopic (exact) mass is 662 g/mol. The van der Waals surface area contributed by atoms with Gasteiger partial charge in [-0.1, -0.05) is 146 Å². The van der Waals surface area contributed by atoms with Crippen LogP contribution in [0, 0.1) is 0 Å². The first-order valence-corrected chi connectivity index (χ1v) is 17.8. The molecule has 0 aliphatic heterocycles. The van der Waals surface area contributed by atoms with E-state index < -0.39 is 0 Å². The van der Waals surface area contributed by atoms with E-state index in [1.54, 1.807) is 0 Å². The molecule has 10 aromatic rings. The summed E-state index contributed by atoms with van der Waals surface area (Å²) in [5, 5.41) is 7.45. The highest BCUT2D eigenvalue weighted by atomic mass is 15.1. The number of hydrogen-bond donors (Lipinski definition) is 0. The molecule has 9 aromatic carbocycles. The summed E-state index contributed by atoms with van der Waals surface area (Å²) >= 11 is 0. The molecule has 0 aliphatic rings. The van der Waals surface area contributed by atoms with Gasteiger partial charge in [0, 0.05) is 33.4 Å². The van der Waals surface area contributed by atoms with Crippen molar-refractivity contribution >= 4 is 60.4 Å². The van der Waals surface area contributed by atoms with Crippen LogP contribution in [0.4, 0.5) is 17.1 Å². The summed E-state index contributed by atoms with van der Waals surface area (Å²) in [5.41, 5.74) is 11.5. The minimum absolute atomic E-state index is 1.09. The Morgan fingerprint density at radius 1 is 0.327 bits per heavy atom. The highest BCUT2D eigenvalue weighted by Gasteiger charge is 2.20. The van der Waals surface area contributed by atoms with Gasteiger partial charge in [-0.3, -0.25) is 0 Å². The maximum atomic E-state index is 2.42. The number of benzene rings is 9. The maximum Gasteiger partial charge on any atom is 0.0546 e. The minimum atomic E-state index is 1.09. The van der Waals surface area contributed by atoms with Gasteiger partial charge in [-0.25, -0.2) is 0 Å². The number of aromatic nitrogens is 1. The molecule has 244 valence electrons. The molecule has 0 radical (unpaired) electrons. The molecule has 0 unspecified atom stereocenters. The zero-order valence-corrected chi connectivity index (χ0v) is 28.5. The Morgan fingerprint density at radius 2 is 0.846 bits per heavy atom. The Hall–Kier alpha value is -6.90. The molecule has 1 heterocycles. The summed E-state index contributed by atoms with van der Waals surface area (Å²) in [6, 6.07) is 74.9. The second-order valence-electron chi connectivity index (χ2n) is 13.4. The Labute approximate surface area is 303 Å². The summed E-state index contributed by atoms with van der Waals surface area (Å²) in [7, 11) is 0. The summed E-state index contributed by atoms with van der Waals surface area (Å²) in [6.07, 6.45) is 0. The molecule has 0 saturated carbocycles. The van der Waals surface area contributed by atoms with Crippen LogP contribution < -0.4 is 4.90 Å². The molecule has 0 saturated heterocycles. The third kappa shape index (κ3) is 5.12. The van der Waals surface area contributed by atoms with Crippen molar-refractivity contribution in [2.24, 2.45) is 0 Å². The van der Waals surface area contributed by atoms with Crippen LogP contribution in [-0.4, -0.2) is 4.57 Å². The van der Waals surface area contributed by atoms with Crippen molar-refractivity contribution in [3.63, 3.8) is 0 Å². The second-order valence-corrected chi connectivity index (χ2v) is 13.4. The normalized spacial score (nSPS) is 11.5. The van der Waals surface area contributed by atoms with Crippen LogP contribution in [0.25, 0.3) is 71.3 Å². The average Bonchev–Trinajstić information content (AvgIpc) is 3.55. The molecule has 2 nitrogen and oxygen atoms in total. The van der Waals surface area contributed by atoms with E-state index in [0.29, 0.717) is 0 Å². The summed E-state index contributed by atoms with van der Waals surface area (Å²) in [4.78, 5) is 2.42. The largest absolute Gasteiger partial charge is 0.310 e. The van der Waals surface area contributed by atoms with Crippen LogP contribution in [0.15, 0.2) is 206 Å². The Balaban J connectivity index is 1.22. The van der Waals surface area contributed by atoms with E-state index in [0.717, 1.165) is 22.7 Å². The van der Waals surface area contributed by atoms with Crippen molar-refractivity contribution < 1.29 is 0 Å². The number of fused-ring (bicyclic) bond motifs is 5. The van der Waals surface area contributed by atoms with Crippen LogP contribution in [0.3, 0.4) is 0 Å². The van der Waals surface area contributed by atoms with Crippen molar-refractivity contribution in [1.82, 2.24) is 4.57 Å². The molecule has 1 aromatic heterocycles. The predicted octanol–water partition coefficient (Wildman–Crippen LogP) is 13.9. The smallest absolute Gasteiger partial charge is 0.0546 e. The lowest BCUT2D eigenvalue weighted by Crippen LogP contribution is -2.12. The van der Waals surface area contributed by atoms with E-state index in [1.807, 2.05) is 0 Å². The van der Waals surface area contributed by atoms with Crippen LogP contribution in [0.5, 0.6) is 0 Å². The Kier molecular flexibility index (Phi) is 7.18. The van der Waals surface area contributed by atoms with Gasteiger partial charge < -0.3 is 9.47 Å². The number of rotatable bonds is 6. The summed E-state index contributed by atoms with van der Waals surface area (Å²) in [6.45, 7) is 0. The fraction of sp³-hybridized carbons (Fsp3) is 0. The SMILES string of the molecule is c1ccc(N(c2cccc(-n3c4ccccc4c4ccccc43)c2)c2cc(-c3ccc4ccccc4c3)ccc2-c2ccc3ccccc3c2)cc1. The van der Waals surface area contributed by atoms with Gasteiger partial charge in [0.25, 0.3) is 0 Å². The van der Waals surface area contributed by atoms with Gasteiger partial charge in [-0.15, -0.1) is 0 Å². The highest BCUT2D eigenvalue weighted by Crippen LogP contribution is 2.44. The molecule has 0 spiro atoms. The van der Waals surface area contributed by atoms with Crippen molar-refractivity contribution in [2.75, 3.05) is 4.90 Å². The predicted molar refractivity (Wildman–Crippen MR) is 221 cm³/mol. The molecular formula is C50H34N2. The molecule has 2 heteroatoms. The zero-order chi connectivity index (χ0) is 34.4. The van der Waals surface area contributed by atoms with Gasteiger partial charge in [0.2, 0.25) is 0 Å². The topological polar surface area (TPSA) is 8.17 Å². The maximum absolute atomic E-state index is 2.42. The number of anilines is 3. The molecular weight excluding hydrogens is 629 g/mol. The molecule has 52 heavy (non-hydrogen) atoms. The molecule has 0 fully saturated rings. The fourth-order valence-corrected chi connectivity index (χ4v) is 7.84. The first-order valence-electron chi connectivity index (χ1n) is 17.8. The third-order valence-corrected chi connectivity index (χ3v) is 10.3. The van der Waals surface area contributed by atoms with E-state index in [-0.39, 0.29) is 0 Å². The van der Waals surface area contributed by atoms with E-state index in [2.05, 4.69) is 216 Å². The van der Waals surface area contributed by atoms with Gasteiger partial charge >= 0.3 is 0 Å². The van der Waals surface area contributed by atoms with Crippen molar-refractivity contribution in [1.29, 1.82) is 0 Å². The Morgan fingerprint density at radius 3 is 1.54 bits per heavy atom. The van der Waals surface area contributed by atoms with E-state index in [1.165, 1.54) is 65.6 Å². The number of hydrogen-bond acceptors (Lipinski definition) is 1. The second kappa shape index (κ2) is 12.5. The lowest BCUT2D eigenvalue weighted by molar-refractivity contribution is 1.17. The van der Waals surface area contributed by atoms with E-state index in [9.17, 15) is 0 Å². The zero-order valence-electron chi connectivity index (χ0n) is 28.5. The molecule has 0 atom stereocenters. The lowest BCUT2D eigenvalue weighted by atomic mass is 9.94. The third-order valence-electron chi connectivity index (χ3n) is 10.3. The standard InChI is InChI=1S/C50H34N2/c1-2-17-42(18-3-1)51(43-19-12-20-44(34-43)52-48-23-10-8-21-46(48)47-22-9-11-24-49(47)52)50-33-40(39-27-25-35-13-4-6-15-37(35)31-39)29-30-45(50)41-28-26-36-14-5-7-16-38(36)32-41/h1-34H. The molecule has 0 aliphatic carbocycles.